The van der Waals surface area contributed by atoms with Gasteiger partial charge in [0.2, 0.25) is 0 Å². The Balaban J connectivity index is 1.49. The number of alkyl halides is 3. The number of carbonyl (C=O) groups excluding carboxylic acids is 3. The van der Waals surface area contributed by atoms with Crippen LogP contribution in [0.15, 0.2) is 30.3 Å². The molecule has 0 saturated carbocycles. The lowest BCUT2D eigenvalue weighted by Gasteiger charge is -2.35. The van der Waals surface area contributed by atoms with Crippen LogP contribution in [0, 0.1) is 0 Å². The Labute approximate surface area is 159 Å². The van der Waals surface area contributed by atoms with Gasteiger partial charge in [-0.3, -0.25) is 9.69 Å². The second kappa shape index (κ2) is 8.07. The van der Waals surface area contributed by atoms with E-state index in [4.69, 9.17) is 4.74 Å². The Hall–Kier alpha value is -2.78. The molecule has 28 heavy (non-hydrogen) atoms. The average Bonchev–Trinajstić information content (AvgIpc) is 2.94. The molecule has 0 aliphatic carbocycles. The first-order chi connectivity index (χ1) is 13.2. The van der Waals surface area contributed by atoms with Crippen LogP contribution in [0.5, 0.6) is 0 Å². The highest BCUT2D eigenvalue weighted by Gasteiger charge is 2.45. The molecule has 2 aliphatic rings. The number of amides is 4. The number of ether oxygens (including phenoxy) is 1. The first kappa shape index (κ1) is 20.0. The fourth-order valence-corrected chi connectivity index (χ4v) is 3.35. The lowest BCUT2D eigenvalue weighted by Crippen LogP contribution is -2.48. The van der Waals surface area contributed by atoms with Crippen LogP contribution in [0.3, 0.4) is 0 Å². The van der Waals surface area contributed by atoms with E-state index in [0.29, 0.717) is 25.9 Å². The fraction of sp³-hybridized carbons (Fsp3) is 0.500. The maximum absolute atomic E-state index is 12.5. The van der Waals surface area contributed by atoms with Gasteiger partial charge < -0.3 is 14.5 Å². The van der Waals surface area contributed by atoms with Gasteiger partial charge in [0.05, 0.1) is 0 Å². The van der Waals surface area contributed by atoms with E-state index >= 15 is 0 Å². The summed E-state index contributed by atoms with van der Waals surface area (Å²) in [4.78, 5) is 39.0. The monoisotopic (exact) mass is 399 g/mol. The largest absolute Gasteiger partial charge is 0.445 e. The van der Waals surface area contributed by atoms with Gasteiger partial charge in [-0.2, -0.15) is 13.2 Å². The van der Waals surface area contributed by atoms with Gasteiger partial charge in [-0.05, 0) is 18.4 Å². The third-order valence-corrected chi connectivity index (χ3v) is 4.79. The number of urea groups is 1. The third kappa shape index (κ3) is 4.73. The first-order valence-electron chi connectivity index (χ1n) is 8.88. The van der Waals surface area contributed by atoms with Gasteiger partial charge in [-0.25, -0.2) is 9.59 Å². The van der Waals surface area contributed by atoms with E-state index in [9.17, 15) is 27.6 Å². The van der Waals surface area contributed by atoms with E-state index in [2.05, 4.69) is 0 Å². The summed E-state index contributed by atoms with van der Waals surface area (Å²) in [6.45, 7) is -1.19. The number of likely N-dealkylation sites (tertiary alicyclic amines) is 1. The number of nitrogens with zero attached hydrogens (tertiary/aromatic N) is 3. The smallest absolute Gasteiger partial charge is 0.410 e. The van der Waals surface area contributed by atoms with E-state index in [1.54, 1.807) is 0 Å². The third-order valence-electron chi connectivity index (χ3n) is 4.79. The zero-order valence-corrected chi connectivity index (χ0v) is 15.0. The minimum atomic E-state index is -4.63. The Morgan fingerprint density at radius 3 is 2.36 bits per heavy atom. The summed E-state index contributed by atoms with van der Waals surface area (Å²) in [5, 5.41) is 0. The molecular weight excluding hydrogens is 379 g/mol. The molecule has 0 unspecified atom stereocenters. The molecule has 2 heterocycles. The van der Waals surface area contributed by atoms with Gasteiger partial charge in [0.15, 0.2) is 0 Å². The lowest BCUT2D eigenvalue weighted by molar-refractivity contribution is -0.151. The quantitative estimate of drug-likeness (QED) is 0.730. The molecule has 0 radical (unpaired) electrons. The molecule has 0 N–H and O–H groups in total. The van der Waals surface area contributed by atoms with E-state index in [1.165, 1.54) is 9.80 Å². The van der Waals surface area contributed by atoms with E-state index in [0.717, 1.165) is 5.56 Å². The van der Waals surface area contributed by atoms with Crippen molar-refractivity contribution in [1.82, 2.24) is 14.7 Å². The number of hydrogen-bond donors (Lipinski definition) is 0. The number of benzene rings is 1. The maximum atomic E-state index is 12.5. The zero-order chi connectivity index (χ0) is 20.3. The van der Waals surface area contributed by atoms with E-state index in [1.807, 2.05) is 30.3 Å². The van der Waals surface area contributed by atoms with Gasteiger partial charge in [-0.15, -0.1) is 0 Å². The molecule has 152 valence electrons. The summed E-state index contributed by atoms with van der Waals surface area (Å²) in [5.74, 6) is -0.855. The summed E-state index contributed by atoms with van der Waals surface area (Å²) in [7, 11) is 0. The molecule has 2 saturated heterocycles. The Morgan fingerprint density at radius 1 is 1.11 bits per heavy atom. The second-order valence-corrected chi connectivity index (χ2v) is 6.76. The van der Waals surface area contributed by atoms with Gasteiger partial charge in [-0.1, -0.05) is 30.3 Å². The molecule has 0 atom stereocenters. The highest BCUT2D eigenvalue weighted by atomic mass is 19.4. The Kier molecular flexibility index (Phi) is 5.76. The summed E-state index contributed by atoms with van der Waals surface area (Å²) in [6, 6.07) is 7.90. The number of carbonyl (C=O) groups is 3. The molecule has 1 aromatic carbocycles. The Morgan fingerprint density at radius 2 is 1.75 bits per heavy atom. The van der Waals surface area contributed by atoms with Crippen LogP contribution in [0.25, 0.3) is 0 Å². The zero-order valence-electron chi connectivity index (χ0n) is 15.0. The minimum Gasteiger partial charge on any atom is -0.445 e. The summed E-state index contributed by atoms with van der Waals surface area (Å²) < 4.78 is 42.9. The normalized spacial score (nSPS) is 18.8. The average molecular weight is 399 g/mol. The van der Waals surface area contributed by atoms with Gasteiger partial charge in [0, 0.05) is 19.1 Å². The molecule has 0 aromatic heterocycles. The number of rotatable bonds is 4. The summed E-state index contributed by atoms with van der Waals surface area (Å²) in [6.07, 6.45) is -4.36. The molecule has 2 aliphatic heterocycles. The molecule has 4 amide bonds. The molecule has 10 heteroatoms. The number of imide groups is 1. The molecular formula is C18H20F3N3O4. The van der Waals surface area contributed by atoms with Crippen molar-refractivity contribution in [2.45, 2.75) is 31.7 Å². The molecule has 0 bridgehead atoms. The van der Waals surface area contributed by atoms with Crippen LogP contribution < -0.4 is 0 Å². The topological polar surface area (TPSA) is 70.2 Å². The van der Waals surface area contributed by atoms with E-state index < -0.39 is 30.8 Å². The number of hydrogen-bond acceptors (Lipinski definition) is 4. The van der Waals surface area contributed by atoms with Crippen LogP contribution in [0.4, 0.5) is 22.8 Å². The fourth-order valence-electron chi connectivity index (χ4n) is 3.35. The molecule has 3 rings (SSSR count). The highest BCUT2D eigenvalue weighted by Crippen LogP contribution is 2.25. The van der Waals surface area contributed by atoms with Crippen LogP contribution in [0.1, 0.15) is 18.4 Å². The van der Waals surface area contributed by atoms with Gasteiger partial charge in [0.1, 0.15) is 19.7 Å². The van der Waals surface area contributed by atoms with E-state index in [-0.39, 0.29) is 24.1 Å². The maximum Gasteiger partial charge on any atom is 0.410 e. The summed E-state index contributed by atoms with van der Waals surface area (Å²) >= 11 is 0. The number of halogens is 3. The predicted molar refractivity (Wildman–Crippen MR) is 91.1 cm³/mol. The lowest BCUT2D eigenvalue weighted by atomic mass is 10.0. The Bertz CT molecular complexity index is 733. The van der Waals surface area contributed by atoms with Crippen molar-refractivity contribution >= 4 is 18.0 Å². The van der Waals surface area contributed by atoms with Crippen molar-refractivity contribution in [2.24, 2.45) is 0 Å². The molecule has 7 nitrogen and oxygen atoms in total. The van der Waals surface area contributed by atoms with Crippen molar-refractivity contribution in [3.63, 3.8) is 0 Å². The minimum absolute atomic E-state index is 0.144. The van der Waals surface area contributed by atoms with Crippen molar-refractivity contribution < 1.29 is 32.3 Å². The molecule has 0 spiro atoms. The SMILES string of the molecule is O=C(OCc1ccccc1)N1CCC(N2CC(=O)N(CC(F)(F)F)C2=O)CC1. The van der Waals surface area contributed by atoms with Crippen molar-refractivity contribution in [2.75, 3.05) is 26.2 Å². The van der Waals surface area contributed by atoms with Gasteiger partial charge in [0.25, 0.3) is 5.91 Å². The summed E-state index contributed by atoms with van der Waals surface area (Å²) in [5.41, 5.74) is 0.858. The van der Waals surface area contributed by atoms with Crippen LogP contribution >= 0.6 is 0 Å². The van der Waals surface area contributed by atoms with Crippen molar-refractivity contribution in [3.05, 3.63) is 35.9 Å². The highest BCUT2D eigenvalue weighted by molar-refractivity contribution is 6.02. The molecule has 1 aromatic rings. The predicted octanol–water partition coefficient (Wildman–Crippen LogP) is 2.61. The van der Waals surface area contributed by atoms with Crippen LogP contribution in [-0.4, -0.2) is 71.1 Å². The van der Waals surface area contributed by atoms with Crippen molar-refractivity contribution in [3.8, 4) is 0 Å². The van der Waals surface area contributed by atoms with Crippen LogP contribution in [0.2, 0.25) is 0 Å². The molecule has 2 fully saturated rings. The van der Waals surface area contributed by atoms with Crippen LogP contribution in [-0.2, 0) is 16.1 Å². The number of piperidine rings is 1. The van der Waals surface area contributed by atoms with Gasteiger partial charge >= 0.3 is 18.3 Å². The second-order valence-electron chi connectivity index (χ2n) is 6.76. The standard InChI is InChI=1S/C18H20F3N3O4/c19-18(20,21)12-24-15(25)10-23(16(24)26)14-6-8-22(9-7-14)17(27)28-11-13-4-2-1-3-5-13/h1-5,14H,6-12H2. The first-order valence-corrected chi connectivity index (χ1v) is 8.88. The van der Waals surface area contributed by atoms with Crippen molar-refractivity contribution in [1.29, 1.82) is 0 Å².